The van der Waals surface area contributed by atoms with Gasteiger partial charge in [-0.25, -0.2) is 18.2 Å². The second-order valence-electron chi connectivity index (χ2n) is 3.47. The summed E-state index contributed by atoms with van der Waals surface area (Å²) in [7, 11) is 0. The Labute approximate surface area is 100 Å². The molecule has 0 aliphatic carbocycles. The monoisotopic (exact) mass is 255 g/mol. The molecule has 0 bridgehead atoms. The summed E-state index contributed by atoms with van der Waals surface area (Å²) in [6.07, 6.45) is 1.22. The number of rotatable bonds is 3. The van der Waals surface area contributed by atoms with E-state index in [1.165, 1.54) is 6.20 Å². The Kier molecular flexibility index (Phi) is 3.47. The number of hydrogen-bond acceptors (Lipinski definition) is 3. The van der Waals surface area contributed by atoms with Crippen LogP contribution in [0.5, 0.6) is 11.6 Å². The van der Waals surface area contributed by atoms with Gasteiger partial charge >= 0.3 is 0 Å². The first-order chi connectivity index (χ1) is 8.60. The molecule has 6 heteroatoms. The Morgan fingerprint density at radius 1 is 1.06 bits per heavy atom. The van der Waals surface area contributed by atoms with Gasteiger partial charge in [0, 0.05) is 12.3 Å². The zero-order valence-electron chi connectivity index (χ0n) is 9.03. The number of halogens is 3. The molecule has 0 radical (unpaired) electrons. The van der Waals surface area contributed by atoms with E-state index in [-0.39, 0.29) is 23.8 Å². The minimum absolute atomic E-state index is 0.0722. The second-order valence-corrected chi connectivity index (χ2v) is 3.47. The summed E-state index contributed by atoms with van der Waals surface area (Å²) in [6.45, 7) is -0.352. The predicted octanol–water partition coefficient (Wildman–Crippen LogP) is 2.78. The number of benzene rings is 1. The molecule has 0 saturated carbocycles. The average molecular weight is 255 g/mol. The fraction of sp³-hybridized carbons (Fsp3) is 0.0833. The van der Waals surface area contributed by atoms with Crippen molar-refractivity contribution in [3.63, 3.8) is 0 Å². The Hall–Kier alpha value is -2.08. The Morgan fingerprint density at radius 2 is 1.83 bits per heavy atom. The minimum Gasteiger partial charge on any atom is -0.436 e. The molecule has 0 unspecified atom stereocenters. The third kappa shape index (κ3) is 2.60. The lowest BCUT2D eigenvalue weighted by molar-refractivity contribution is 0.280. The molecular weight excluding hydrogens is 247 g/mol. The summed E-state index contributed by atoms with van der Waals surface area (Å²) in [4.78, 5) is 3.62. The normalized spacial score (nSPS) is 10.4. The smallest absolute Gasteiger partial charge is 0.255 e. The molecule has 0 saturated heterocycles. The summed E-state index contributed by atoms with van der Waals surface area (Å²) in [6, 6.07) is 3.85. The Bertz CT molecular complexity index is 575. The van der Waals surface area contributed by atoms with E-state index in [1.54, 1.807) is 0 Å². The van der Waals surface area contributed by atoms with Gasteiger partial charge in [0.2, 0.25) is 0 Å². The standard InChI is InChI=1S/C12H8F3NO2/c13-9-2-1-8(4-10(9)14)18-12-11(15)3-7(6-17)5-16-12/h1-5,17H,6H2. The van der Waals surface area contributed by atoms with E-state index in [1.807, 2.05) is 0 Å². The molecule has 0 aliphatic rings. The van der Waals surface area contributed by atoms with Crippen LogP contribution in [-0.2, 0) is 6.61 Å². The number of hydrogen-bond donors (Lipinski definition) is 1. The van der Waals surface area contributed by atoms with Gasteiger partial charge in [-0.05, 0) is 23.8 Å². The van der Waals surface area contributed by atoms with E-state index in [4.69, 9.17) is 9.84 Å². The lowest BCUT2D eigenvalue weighted by Crippen LogP contribution is -1.95. The van der Waals surface area contributed by atoms with Crippen LogP contribution in [0.15, 0.2) is 30.5 Å². The molecule has 1 N–H and O–H groups in total. The van der Waals surface area contributed by atoms with Crippen LogP contribution in [0.1, 0.15) is 5.56 Å². The summed E-state index contributed by atoms with van der Waals surface area (Å²) in [5.74, 6) is -3.37. The summed E-state index contributed by atoms with van der Waals surface area (Å²) in [5, 5.41) is 8.77. The highest BCUT2D eigenvalue weighted by Crippen LogP contribution is 2.24. The van der Waals surface area contributed by atoms with Gasteiger partial charge in [-0.15, -0.1) is 0 Å². The molecule has 1 aromatic carbocycles. The highest BCUT2D eigenvalue weighted by Gasteiger charge is 2.09. The van der Waals surface area contributed by atoms with Crippen LogP contribution in [-0.4, -0.2) is 10.1 Å². The van der Waals surface area contributed by atoms with E-state index >= 15 is 0 Å². The van der Waals surface area contributed by atoms with Crippen molar-refractivity contribution in [1.29, 1.82) is 0 Å². The number of nitrogens with zero attached hydrogens (tertiary/aromatic N) is 1. The molecule has 1 heterocycles. The molecule has 2 aromatic rings. The molecule has 3 nitrogen and oxygen atoms in total. The van der Waals surface area contributed by atoms with E-state index in [0.29, 0.717) is 0 Å². The molecule has 1 aromatic heterocycles. The number of aliphatic hydroxyl groups excluding tert-OH is 1. The summed E-state index contributed by atoms with van der Waals surface area (Å²) < 4.78 is 44.0. The molecule has 0 atom stereocenters. The van der Waals surface area contributed by atoms with E-state index < -0.39 is 17.5 Å². The zero-order valence-corrected chi connectivity index (χ0v) is 9.03. The largest absolute Gasteiger partial charge is 0.436 e. The first-order valence-corrected chi connectivity index (χ1v) is 4.98. The quantitative estimate of drug-likeness (QED) is 0.917. The number of aliphatic hydroxyl groups is 1. The zero-order chi connectivity index (χ0) is 13.1. The van der Waals surface area contributed by atoms with Gasteiger partial charge in [0.25, 0.3) is 5.88 Å². The van der Waals surface area contributed by atoms with Crippen molar-refractivity contribution >= 4 is 0 Å². The highest BCUT2D eigenvalue weighted by molar-refractivity contribution is 5.29. The first-order valence-electron chi connectivity index (χ1n) is 4.98. The topological polar surface area (TPSA) is 42.4 Å². The van der Waals surface area contributed by atoms with Crippen molar-refractivity contribution in [1.82, 2.24) is 4.98 Å². The van der Waals surface area contributed by atoms with Gasteiger partial charge < -0.3 is 9.84 Å². The van der Waals surface area contributed by atoms with Crippen molar-refractivity contribution in [3.05, 3.63) is 53.5 Å². The third-order valence-electron chi connectivity index (χ3n) is 2.15. The van der Waals surface area contributed by atoms with Crippen LogP contribution in [0.25, 0.3) is 0 Å². The highest BCUT2D eigenvalue weighted by atomic mass is 19.2. The Balaban J connectivity index is 2.25. The van der Waals surface area contributed by atoms with Crippen LogP contribution >= 0.6 is 0 Å². The number of ether oxygens (including phenoxy) is 1. The third-order valence-corrected chi connectivity index (χ3v) is 2.15. The Morgan fingerprint density at radius 3 is 2.44 bits per heavy atom. The van der Waals surface area contributed by atoms with E-state index in [9.17, 15) is 13.2 Å². The minimum atomic E-state index is -1.10. The second kappa shape index (κ2) is 5.05. The van der Waals surface area contributed by atoms with E-state index in [2.05, 4.69) is 4.98 Å². The lowest BCUT2D eigenvalue weighted by Gasteiger charge is -2.06. The van der Waals surface area contributed by atoms with Crippen LogP contribution < -0.4 is 4.74 Å². The fourth-order valence-corrected chi connectivity index (χ4v) is 1.28. The summed E-state index contributed by atoms with van der Waals surface area (Å²) >= 11 is 0. The molecule has 0 spiro atoms. The van der Waals surface area contributed by atoms with Crippen molar-refractivity contribution in [3.8, 4) is 11.6 Å². The fourth-order valence-electron chi connectivity index (χ4n) is 1.28. The van der Waals surface area contributed by atoms with Crippen molar-refractivity contribution < 1.29 is 23.0 Å². The van der Waals surface area contributed by atoms with Gasteiger partial charge in [-0.2, -0.15) is 0 Å². The van der Waals surface area contributed by atoms with Crippen molar-refractivity contribution in [2.75, 3.05) is 0 Å². The van der Waals surface area contributed by atoms with Gasteiger partial charge in [0.15, 0.2) is 17.5 Å². The average Bonchev–Trinajstić information content (AvgIpc) is 2.36. The molecule has 0 fully saturated rings. The molecule has 0 aliphatic heterocycles. The van der Waals surface area contributed by atoms with Gasteiger partial charge in [-0.1, -0.05) is 0 Å². The van der Waals surface area contributed by atoms with Crippen LogP contribution in [0, 0.1) is 17.5 Å². The maximum Gasteiger partial charge on any atom is 0.255 e. The van der Waals surface area contributed by atoms with Crippen LogP contribution in [0.4, 0.5) is 13.2 Å². The SMILES string of the molecule is OCc1cnc(Oc2ccc(F)c(F)c2)c(F)c1. The maximum absolute atomic E-state index is 13.4. The van der Waals surface area contributed by atoms with Crippen molar-refractivity contribution in [2.45, 2.75) is 6.61 Å². The van der Waals surface area contributed by atoms with Crippen LogP contribution in [0.2, 0.25) is 0 Å². The number of pyridine rings is 1. The molecular formula is C12H8F3NO2. The summed E-state index contributed by atoms with van der Waals surface area (Å²) in [5.41, 5.74) is 0.283. The maximum atomic E-state index is 13.4. The van der Waals surface area contributed by atoms with Crippen molar-refractivity contribution in [2.24, 2.45) is 0 Å². The van der Waals surface area contributed by atoms with E-state index in [0.717, 1.165) is 24.3 Å². The van der Waals surface area contributed by atoms with Gasteiger partial charge in [0.1, 0.15) is 5.75 Å². The van der Waals surface area contributed by atoms with Crippen LogP contribution in [0.3, 0.4) is 0 Å². The molecule has 94 valence electrons. The molecule has 18 heavy (non-hydrogen) atoms. The number of aromatic nitrogens is 1. The van der Waals surface area contributed by atoms with Gasteiger partial charge in [0.05, 0.1) is 6.61 Å². The first kappa shape index (κ1) is 12.4. The van der Waals surface area contributed by atoms with Gasteiger partial charge in [-0.3, -0.25) is 0 Å². The molecule has 2 rings (SSSR count). The predicted molar refractivity (Wildman–Crippen MR) is 56.5 cm³/mol. The lowest BCUT2D eigenvalue weighted by atomic mass is 10.3. The molecule has 0 amide bonds.